The molecule has 1 saturated heterocycles. The topological polar surface area (TPSA) is 79.7 Å². The van der Waals surface area contributed by atoms with E-state index in [1.54, 1.807) is 16.8 Å². The molecule has 8 nitrogen and oxygen atoms in total. The number of rotatable bonds is 7. The van der Waals surface area contributed by atoms with Gasteiger partial charge in [0.05, 0.1) is 30.3 Å². The molecule has 0 spiro atoms. The fraction of sp³-hybridized carbons (Fsp3) is 0.393. The number of carbonyl (C=O) groups is 1. The Morgan fingerprint density at radius 3 is 2.60 bits per heavy atom. The van der Waals surface area contributed by atoms with E-state index in [-0.39, 0.29) is 66.0 Å². The van der Waals surface area contributed by atoms with E-state index in [1.165, 1.54) is 10.6 Å². The molecular weight excluding hydrogens is 581 g/mol. The van der Waals surface area contributed by atoms with Crippen LogP contribution in [0.3, 0.4) is 0 Å². The standard InChI is InChI=1S/C28H28F5N5O3S/c1-3-22(39)36-7-9-37(10-8-36)26-19-13-20(28(31,32)33)23(18-5-4-16(29)12-21(18)30)25-24(19)38(27(40)35-26)14-17(15-42-25)41-11-6-34-2/h3-5,12-13,17,34H,1,6-11,14-15H2,2H3. The van der Waals surface area contributed by atoms with Crippen molar-refractivity contribution in [2.45, 2.75) is 23.7 Å². The van der Waals surface area contributed by atoms with E-state index in [9.17, 15) is 27.2 Å². The van der Waals surface area contributed by atoms with Gasteiger partial charge in [0.15, 0.2) is 0 Å². The van der Waals surface area contributed by atoms with Crippen LogP contribution in [-0.4, -0.2) is 78.6 Å². The first-order valence-corrected chi connectivity index (χ1v) is 14.2. The summed E-state index contributed by atoms with van der Waals surface area (Å²) in [5.41, 5.74) is -2.56. The van der Waals surface area contributed by atoms with Crippen molar-refractivity contribution >= 4 is 34.4 Å². The smallest absolute Gasteiger partial charge is 0.374 e. The van der Waals surface area contributed by atoms with E-state index in [1.807, 2.05) is 0 Å². The highest BCUT2D eigenvalue weighted by molar-refractivity contribution is 7.99. The summed E-state index contributed by atoms with van der Waals surface area (Å²) in [5.74, 6) is -2.14. The number of piperazine rings is 1. The predicted octanol–water partition coefficient (Wildman–Crippen LogP) is 3.91. The summed E-state index contributed by atoms with van der Waals surface area (Å²) in [6.45, 7) is 5.26. The number of anilines is 1. The second-order valence-corrected chi connectivity index (χ2v) is 10.9. The summed E-state index contributed by atoms with van der Waals surface area (Å²) in [6.07, 6.45) is -4.30. The Kier molecular flexibility index (Phi) is 8.58. The predicted molar refractivity (Wildman–Crippen MR) is 150 cm³/mol. The number of ether oxygens (including phenoxy) is 1. The molecule has 14 heteroatoms. The lowest BCUT2D eigenvalue weighted by Crippen LogP contribution is -2.49. The van der Waals surface area contributed by atoms with Crippen molar-refractivity contribution < 1.29 is 31.5 Å². The molecule has 2 aliphatic rings. The normalized spacial score (nSPS) is 17.4. The Morgan fingerprint density at radius 1 is 1.21 bits per heavy atom. The number of hydrogen-bond acceptors (Lipinski definition) is 7. The second kappa shape index (κ2) is 12.0. The van der Waals surface area contributed by atoms with Gasteiger partial charge >= 0.3 is 11.9 Å². The molecule has 224 valence electrons. The minimum absolute atomic E-state index is 0.0185. The highest BCUT2D eigenvalue weighted by Crippen LogP contribution is 2.48. The highest BCUT2D eigenvalue weighted by Gasteiger charge is 2.39. The maximum absolute atomic E-state index is 15.1. The molecule has 3 heterocycles. The maximum Gasteiger partial charge on any atom is 0.417 e. The van der Waals surface area contributed by atoms with Crippen LogP contribution in [0.4, 0.5) is 27.8 Å². The fourth-order valence-electron chi connectivity index (χ4n) is 5.26. The van der Waals surface area contributed by atoms with Gasteiger partial charge in [0, 0.05) is 66.0 Å². The van der Waals surface area contributed by atoms with Crippen LogP contribution < -0.4 is 15.9 Å². The Morgan fingerprint density at radius 2 is 1.95 bits per heavy atom. The molecular formula is C28H28F5N5O3S. The number of benzene rings is 2. The number of hydrogen-bond donors (Lipinski definition) is 1. The lowest BCUT2D eigenvalue weighted by Gasteiger charge is -2.35. The number of likely N-dealkylation sites (N-methyl/N-ethyl adjacent to an activating group) is 1. The lowest BCUT2D eigenvalue weighted by atomic mass is 9.95. The van der Waals surface area contributed by atoms with Crippen molar-refractivity contribution in [2.75, 3.05) is 57.0 Å². The zero-order valence-electron chi connectivity index (χ0n) is 22.6. The second-order valence-electron chi connectivity index (χ2n) is 9.90. The molecule has 3 aromatic rings. The van der Waals surface area contributed by atoms with Gasteiger partial charge in [0.25, 0.3) is 0 Å². The van der Waals surface area contributed by atoms with E-state index in [0.29, 0.717) is 19.2 Å². The summed E-state index contributed by atoms with van der Waals surface area (Å²) in [4.78, 5) is 33.1. The Labute approximate surface area is 242 Å². The number of thioether (sulfide) groups is 1. The highest BCUT2D eigenvalue weighted by atomic mass is 32.2. The van der Waals surface area contributed by atoms with Crippen LogP contribution in [0.15, 0.2) is 46.6 Å². The largest absolute Gasteiger partial charge is 0.417 e. The van der Waals surface area contributed by atoms with Gasteiger partial charge in [-0.15, -0.1) is 11.8 Å². The van der Waals surface area contributed by atoms with Crippen molar-refractivity contribution in [3.63, 3.8) is 0 Å². The third-order valence-electron chi connectivity index (χ3n) is 7.28. The van der Waals surface area contributed by atoms with Crippen LogP contribution in [0.5, 0.6) is 0 Å². The molecule has 2 aliphatic heterocycles. The zero-order chi connectivity index (χ0) is 30.2. The average molecular weight is 610 g/mol. The number of amides is 1. The van der Waals surface area contributed by atoms with Crippen molar-refractivity contribution in [2.24, 2.45) is 0 Å². The van der Waals surface area contributed by atoms with Crippen LogP contribution in [0.2, 0.25) is 0 Å². The lowest BCUT2D eigenvalue weighted by molar-refractivity contribution is -0.137. The average Bonchev–Trinajstić information content (AvgIpc) is 3.15. The Hall–Kier alpha value is -3.49. The van der Waals surface area contributed by atoms with Gasteiger partial charge in [-0.1, -0.05) is 6.58 Å². The van der Waals surface area contributed by atoms with E-state index >= 15 is 4.39 Å². The summed E-state index contributed by atoms with van der Waals surface area (Å²) >= 11 is 1.03. The molecule has 0 aliphatic carbocycles. The third-order valence-corrected chi connectivity index (χ3v) is 8.50. The SMILES string of the molecule is C=CC(=O)N1CCN(c2nc(=O)n3c4c(c(-c5ccc(F)cc5F)c(C(F)(F)F)cc24)SCC(OCCNC)C3)CC1. The Balaban J connectivity index is 1.76. The molecule has 1 unspecified atom stereocenters. The van der Waals surface area contributed by atoms with Crippen LogP contribution >= 0.6 is 11.8 Å². The Bertz CT molecular complexity index is 1590. The monoisotopic (exact) mass is 609 g/mol. The number of alkyl halides is 3. The van der Waals surface area contributed by atoms with Crippen molar-refractivity contribution in [1.29, 1.82) is 0 Å². The molecule has 0 bridgehead atoms. The van der Waals surface area contributed by atoms with Gasteiger partial charge in [0.2, 0.25) is 5.91 Å². The minimum atomic E-state index is -4.93. The van der Waals surface area contributed by atoms with Gasteiger partial charge in [-0.3, -0.25) is 9.36 Å². The molecule has 1 N–H and O–H groups in total. The van der Waals surface area contributed by atoms with Crippen molar-refractivity contribution in [3.05, 3.63) is 64.6 Å². The number of nitrogens with zero attached hydrogens (tertiary/aromatic N) is 4. The molecule has 0 saturated carbocycles. The number of halogens is 5. The van der Waals surface area contributed by atoms with Gasteiger partial charge in [0.1, 0.15) is 17.5 Å². The van der Waals surface area contributed by atoms with Gasteiger partial charge < -0.3 is 19.9 Å². The third kappa shape index (κ3) is 5.75. The van der Waals surface area contributed by atoms with Gasteiger partial charge in [-0.25, -0.2) is 13.6 Å². The summed E-state index contributed by atoms with van der Waals surface area (Å²) in [6, 6.07) is 3.30. The van der Waals surface area contributed by atoms with E-state index in [4.69, 9.17) is 4.74 Å². The molecule has 1 fully saturated rings. The number of nitrogens with one attached hydrogen (secondary N) is 1. The maximum atomic E-state index is 15.1. The molecule has 1 aromatic heterocycles. The van der Waals surface area contributed by atoms with Crippen molar-refractivity contribution in [3.8, 4) is 11.1 Å². The summed E-state index contributed by atoms with van der Waals surface area (Å²) in [7, 11) is 1.74. The molecule has 1 atom stereocenters. The van der Waals surface area contributed by atoms with Crippen LogP contribution in [-0.2, 0) is 22.3 Å². The number of carbonyl (C=O) groups excluding carboxylic acids is 1. The summed E-state index contributed by atoms with van der Waals surface area (Å²) < 4.78 is 80.3. The number of aromatic nitrogens is 2. The first-order chi connectivity index (χ1) is 20.0. The van der Waals surface area contributed by atoms with E-state index in [0.717, 1.165) is 30.0 Å². The van der Waals surface area contributed by atoms with Crippen LogP contribution in [0.25, 0.3) is 22.0 Å². The van der Waals surface area contributed by atoms with Gasteiger partial charge in [-0.2, -0.15) is 18.2 Å². The first-order valence-electron chi connectivity index (χ1n) is 13.2. The molecule has 2 aromatic carbocycles. The van der Waals surface area contributed by atoms with Crippen molar-refractivity contribution in [1.82, 2.24) is 19.8 Å². The van der Waals surface area contributed by atoms with Crippen LogP contribution in [0.1, 0.15) is 5.56 Å². The van der Waals surface area contributed by atoms with Crippen LogP contribution in [0, 0.1) is 11.6 Å². The summed E-state index contributed by atoms with van der Waals surface area (Å²) in [5, 5.41) is 3.01. The van der Waals surface area contributed by atoms with E-state index < -0.39 is 46.3 Å². The first kappa shape index (κ1) is 30.0. The molecule has 0 radical (unpaired) electrons. The van der Waals surface area contributed by atoms with Gasteiger partial charge in [-0.05, 0) is 31.3 Å². The molecule has 1 amide bonds. The molecule has 42 heavy (non-hydrogen) atoms. The van der Waals surface area contributed by atoms with E-state index in [2.05, 4.69) is 16.9 Å². The molecule has 5 rings (SSSR count). The fourth-order valence-corrected chi connectivity index (χ4v) is 6.53. The minimum Gasteiger partial charge on any atom is -0.374 e. The zero-order valence-corrected chi connectivity index (χ0v) is 23.5. The quantitative estimate of drug-likeness (QED) is 0.247.